The first-order valence-electron chi connectivity index (χ1n) is 6.84. The van der Waals surface area contributed by atoms with E-state index < -0.39 is 18.5 Å². The van der Waals surface area contributed by atoms with Crippen molar-refractivity contribution in [3.63, 3.8) is 0 Å². The monoisotopic (exact) mass is 360 g/mol. The van der Waals surface area contributed by atoms with Crippen LogP contribution in [0.2, 0.25) is 5.02 Å². The summed E-state index contributed by atoms with van der Waals surface area (Å²) >= 11 is 7.26. The molecule has 24 heavy (non-hydrogen) atoms. The first-order valence-corrected chi connectivity index (χ1v) is 8.45. The molecule has 2 aromatic carbocycles. The number of nitrogens with zero attached hydrogens (tertiary/aromatic N) is 1. The molecule has 7 heteroatoms. The third-order valence-corrected chi connectivity index (χ3v) is 4.07. The van der Waals surface area contributed by atoms with Crippen molar-refractivity contribution in [1.82, 2.24) is 0 Å². The number of ether oxygens (including phenoxy) is 1. The zero-order valence-corrected chi connectivity index (χ0v) is 14.3. The summed E-state index contributed by atoms with van der Waals surface area (Å²) in [7, 11) is 0. The molecule has 0 aliphatic heterocycles. The topological polar surface area (TPSA) is 79.2 Å². The van der Waals surface area contributed by atoms with E-state index in [-0.39, 0.29) is 11.3 Å². The number of carbonyl (C=O) groups is 2. The fraction of sp³-hybridized carbons (Fsp3) is 0.118. The molecule has 0 aromatic heterocycles. The van der Waals surface area contributed by atoms with Gasteiger partial charge in [0.2, 0.25) is 0 Å². The van der Waals surface area contributed by atoms with Crippen LogP contribution in [0, 0.1) is 11.3 Å². The van der Waals surface area contributed by atoms with Crippen molar-refractivity contribution in [3.8, 4) is 6.07 Å². The molecule has 0 aliphatic carbocycles. The van der Waals surface area contributed by atoms with E-state index in [0.717, 1.165) is 4.90 Å². The lowest BCUT2D eigenvalue weighted by molar-refractivity contribution is -0.119. The second-order valence-corrected chi connectivity index (χ2v) is 5.91. The summed E-state index contributed by atoms with van der Waals surface area (Å²) in [5.74, 6) is -1.13. The number of hydrogen-bond donors (Lipinski definition) is 1. The lowest BCUT2D eigenvalue weighted by Crippen LogP contribution is -2.21. The Morgan fingerprint density at radius 3 is 2.75 bits per heavy atom. The van der Waals surface area contributed by atoms with Gasteiger partial charge in [-0.2, -0.15) is 5.26 Å². The lowest BCUT2D eigenvalue weighted by atomic mass is 10.2. The van der Waals surface area contributed by atoms with Crippen molar-refractivity contribution in [2.75, 3.05) is 18.2 Å². The molecule has 122 valence electrons. The predicted octanol–water partition coefficient (Wildman–Crippen LogP) is 3.73. The minimum atomic E-state index is -0.582. The normalized spacial score (nSPS) is 9.88. The molecule has 2 rings (SSSR count). The summed E-state index contributed by atoms with van der Waals surface area (Å²) in [6.07, 6.45) is 1.85. The summed E-state index contributed by atoms with van der Waals surface area (Å²) in [6, 6.07) is 13.4. The number of nitrogens with one attached hydrogen (secondary N) is 1. The molecule has 0 radical (unpaired) electrons. The number of benzene rings is 2. The van der Waals surface area contributed by atoms with E-state index in [9.17, 15) is 9.59 Å². The second kappa shape index (κ2) is 8.39. The molecule has 0 heterocycles. The number of nitriles is 1. The van der Waals surface area contributed by atoms with Crippen molar-refractivity contribution < 1.29 is 14.3 Å². The third-order valence-electron chi connectivity index (χ3n) is 3.04. The van der Waals surface area contributed by atoms with Gasteiger partial charge in [0.25, 0.3) is 5.91 Å². The number of halogens is 1. The second-order valence-electron chi connectivity index (χ2n) is 4.63. The average molecular weight is 361 g/mol. The minimum absolute atomic E-state index is 0.270. The van der Waals surface area contributed by atoms with Crippen molar-refractivity contribution in [3.05, 3.63) is 58.6 Å². The standard InChI is InChI=1S/C17H13ClN2O3S/c1-24-15-5-3-2-4-13(15)17(22)23-10-16(21)20-14-8-12(18)7-6-11(14)9-19/h2-8H,10H2,1H3,(H,20,21). The van der Waals surface area contributed by atoms with Crippen molar-refractivity contribution in [1.29, 1.82) is 5.26 Å². The van der Waals surface area contributed by atoms with Gasteiger partial charge in [0.05, 0.1) is 16.8 Å². The van der Waals surface area contributed by atoms with Crippen molar-refractivity contribution >= 4 is 40.9 Å². The average Bonchev–Trinajstić information content (AvgIpc) is 2.59. The van der Waals surface area contributed by atoms with E-state index >= 15 is 0 Å². The smallest absolute Gasteiger partial charge is 0.339 e. The molecule has 1 N–H and O–H groups in total. The summed E-state index contributed by atoms with van der Waals surface area (Å²) < 4.78 is 5.03. The molecule has 0 bridgehead atoms. The summed E-state index contributed by atoms with van der Waals surface area (Å²) in [5.41, 5.74) is 0.945. The number of amides is 1. The van der Waals surface area contributed by atoms with Crippen LogP contribution in [0.3, 0.4) is 0 Å². The molecule has 0 spiro atoms. The molecular formula is C17H13ClN2O3S. The Morgan fingerprint density at radius 2 is 2.04 bits per heavy atom. The van der Waals surface area contributed by atoms with E-state index in [0.29, 0.717) is 10.6 Å². The highest BCUT2D eigenvalue weighted by molar-refractivity contribution is 7.98. The van der Waals surface area contributed by atoms with Crippen molar-refractivity contribution in [2.45, 2.75) is 4.90 Å². The van der Waals surface area contributed by atoms with Gasteiger partial charge >= 0.3 is 5.97 Å². The Kier molecular flexibility index (Phi) is 6.24. The highest BCUT2D eigenvalue weighted by atomic mass is 35.5. The van der Waals surface area contributed by atoms with Gasteiger partial charge in [-0.25, -0.2) is 4.79 Å². The SMILES string of the molecule is CSc1ccccc1C(=O)OCC(=O)Nc1cc(Cl)ccc1C#N. The first-order chi connectivity index (χ1) is 11.5. The number of esters is 1. The largest absolute Gasteiger partial charge is 0.452 e. The number of carbonyl (C=O) groups excluding carboxylic acids is 2. The molecular weight excluding hydrogens is 348 g/mol. The van der Waals surface area contributed by atoms with E-state index in [1.807, 2.05) is 18.4 Å². The molecule has 1 amide bonds. The van der Waals surface area contributed by atoms with Crippen LogP contribution in [0.25, 0.3) is 0 Å². The van der Waals surface area contributed by atoms with Crippen LogP contribution in [0.15, 0.2) is 47.4 Å². The molecule has 0 unspecified atom stereocenters. The lowest BCUT2D eigenvalue weighted by Gasteiger charge is -2.09. The molecule has 0 atom stereocenters. The van der Waals surface area contributed by atoms with E-state index in [1.165, 1.54) is 23.9 Å². The number of hydrogen-bond acceptors (Lipinski definition) is 5. The van der Waals surface area contributed by atoms with Crippen LogP contribution in [0.1, 0.15) is 15.9 Å². The van der Waals surface area contributed by atoms with Gasteiger partial charge in [0.15, 0.2) is 6.61 Å². The van der Waals surface area contributed by atoms with Crippen LogP contribution < -0.4 is 5.32 Å². The van der Waals surface area contributed by atoms with Crippen LogP contribution in [0.4, 0.5) is 5.69 Å². The van der Waals surface area contributed by atoms with E-state index in [4.69, 9.17) is 21.6 Å². The fourth-order valence-electron chi connectivity index (χ4n) is 1.93. The van der Waals surface area contributed by atoms with Crippen molar-refractivity contribution in [2.24, 2.45) is 0 Å². The highest BCUT2D eigenvalue weighted by Gasteiger charge is 2.14. The Balaban J connectivity index is 2.00. The molecule has 0 aliphatic rings. The Labute approximate surface area is 148 Å². The molecule has 0 fully saturated rings. The quantitative estimate of drug-likeness (QED) is 0.649. The predicted molar refractivity (Wildman–Crippen MR) is 93.3 cm³/mol. The van der Waals surface area contributed by atoms with Gasteiger partial charge in [-0.3, -0.25) is 4.79 Å². The summed E-state index contributed by atoms with van der Waals surface area (Å²) in [4.78, 5) is 24.8. The summed E-state index contributed by atoms with van der Waals surface area (Å²) in [5, 5.41) is 11.9. The molecule has 0 saturated carbocycles. The van der Waals surface area contributed by atoms with E-state index in [1.54, 1.807) is 24.3 Å². The number of anilines is 1. The van der Waals surface area contributed by atoms with Crippen LogP contribution >= 0.6 is 23.4 Å². The Bertz CT molecular complexity index is 818. The van der Waals surface area contributed by atoms with Crippen LogP contribution in [0.5, 0.6) is 0 Å². The maximum absolute atomic E-state index is 12.1. The fourth-order valence-corrected chi connectivity index (χ4v) is 2.68. The maximum atomic E-state index is 12.1. The van der Waals surface area contributed by atoms with Crippen LogP contribution in [-0.2, 0) is 9.53 Å². The van der Waals surface area contributed by atoms with Gasteiger partial charge < -0.3 is 10.1 Å². The molecule has 0 saturated heterocycles. The van der Waals surface area contributed by atoms with Gasteiger partial charge in [-0.15, -0.1) is 11.8 Å². The van der Waals surface area contributed by atoms with Gasteiger partial charge in [0, 0.05) is 9.92 Å². The molecule has 5 nitrogen and oxygen atoms in total. The van der Waals surface area contributed by atoms with Gasteiger partial charge in [0.1, 0.15) is 6.07 Å². The summed E-state index contributed by atoms with van der Waals surface area (Å²) in [6.45, 7) is -0.459. The zero-order valence-electron chi connectivity index (χ0n) is 12.7. The maximum Gasteiger partial charge on any atom is 0.339 e. The number of rotatable bonds is 5. The number of thioether (sulfide) groups is 1. The molecule has 2 aromatic rings. The Morgan fingerprint density at radius 1 is 1.29 bits per heavy atom. The third kappa shape index (κ3) is 4.51. The van der Waals surface area contributed by atoms with Crippen LogP contribution in [-0.4, -0.2) is 24.7 Å². The Hall–Kier alpha value is -2.49. The van der Waals surface area contributed by atoms with Gasteiger partial charge in [-0.1, -0.05) is 23.7 Å². The van der Waals surface area contributed by atoms with Gasteiger partial charge in [-0.05, 0) is 36.6 Å². The minimum Gasteiger partial charge on any atom is -0.452 e. The zero-order chi connectivity index (χ0) is 17.5. The van der Waals surface area contributed by atoms with E-state index in [2.05, 4.69) is 5.32 Å². The first kappa shape index (κ1) is 17.9. The highest BCUT2D eigenvalue weighted by Crippen LogP contribution is 2.21.